The molecule has 1 amide bonds. The molecule has 0 spiro atoms. The van der Waals surface area contributed by atoms with Gasteiger partial charge >= 0.3 is 0 Å². The molecule has 0 bridgehead atoms. The predicted octanol–water partition coefficient (Wildman–Crippen LogP) is 4.27. The maximum Gasteiger partial charge on any atom is 0.256 e. The van der Waals surface area contributed by atoms with E-state index in [1.165, 1.54) is 0 Å². The molecule has 29 heavy (non-hydrogen) atoms. The standard InChI is InChI=1S/C24H25N3O2/c1-18-23(22(12-14-25-18)19-8-3-2-4-9-19)24(28)27(17-21-11-7-15-29-21)16-20-10-5-6-13-26-20/h2-6,8-10,12-14,21H,7,11,15-17H2,1H3. The Labute approximate surface area is 171 Å². The Morgan fingerprint density at radius 3 is 2.62 bits per heavy atom. The molecule has 1 aliphatic heterocycles. The van der Waals surface area contributed by atoms with Gasteiger partial charge in [-0.2, -0.15) is 0 Å². The molecule has 2 aromatic heterocycles. The fourth-order valence-electron chi connectivity index (χ4n) is 3.79. The summed E-state index contributed by atoms with van der Waals surface area (Å²) in [5, 5.41) is 0. The molecule has 0 saturated carbocycles. The van der Waals surface area contributed by atoms with E-state index >= 15 is 0 Å². The van der Waals surface area contributed by atoms with Gasteiger partial charge in [0, 0.05) is 25.5 Å². The second kappa shape index (κ2) is 8.97. The average Bonchev–Trinajstić information content (AvgIpc) is 3.27. The molecular weight excluding hydrogens is 362 g/mol. The van der Waals surface area contributed by atoms with E-state index in [4.69, 9.17) is 4.74 Å². The van der Waals surface area contributed by atoms with Crippen LogP contribution in [0.5, 0.6) is 0 Å². The van der Waals surface area contributed by atoms with Gasteiger partial charge in [-0.3, -0.25) is 14.8 Å². The summed E-state index contributed by atoms with van der Waals surface area (Å²) in [6, 6.07) is 17.7. The molecule has 148 valence electrons. The number of aromatic nitrogens is 2. The molecule has 3 heterocycles. The average molecular weight is 387 g/mol. The smallest absolute Gasteiger partial charge is 0.256 e. The fraction of sp³-hybridized carbons (Fsp3) is 0.292. The maximum atomic E-state index is 13.8. The van der Waals surface area contributed by atoms with Gasteiger partial charge in [-0.25, -0.2) is 0 Å². The van der Waals surface area contributed by atoms with Crippen LogP contribution in [-0.2, 0) is 11.3 Å². The number of carbonyl (C=O) groups is 1. The van der Waals surface area contributed by atoms with Crippen molar-refractivity contribution >= 4 is 5.91 Å². The van der Waals surface area contributed by atoms with E-state index in [1.807, 2.05) is 66.4 Å². The minimum Gasteiger partial charge on any atom is -0.376 e. The topological polar surface area (TPSA) is 55.3 Å². The summed E-state index contributed by atoms with van der Waals surface area (Å²) in [5.74, 6) is -0.0318. The third-order valence-corrected chi connectivity index (χ3v) is 5.25. The van der Waals surface area contributed by atoms with Crippen molar-refractivity contribution in [2.45, 2.75) is 32.4 Å². The third kappa shape index (κ3) is 4.51. The Morgan fingerprint density at radius 1 is 1.07 bits per heavy atom. The molecule has 0 aliphatic carbocycles. The first-order valence-corrected chi connectivity index (χ1v) is 10.0. The summed E-state index contributed by atoms with van der Waals surface area (Å²) >= 11 is 0. The number of aryl methyl sites for hydroxylation is 1. The Kier molecular flexibility index (Phi) is 5.96. The molecule has 1 aliphatic rings. The highest BCUT2D eigenvalue weighted by molar-refractivity contribution is 6.01. The van der Waals surface area contributed by atoms with Crippen LogP contribution in [0.3, 0.4) is 0 Å². The van der Waals surface area contributed by atoms with Crippen molar-refractivity contribution in [2.24, 2.45) is 0 Å². The molecular formula is C24H25N3O2. The van der Waals surface area contributed by atoms with Gasteiger partial charge in [0.2, 0.25) is 0 Å². The lowest BCUT2D eigenvalue weighted by Crippen LogP contribution is -2.37. The number of ether oxygens (including phenoxy) is 1. The van der Waals surface area contributed by atoms with Crippen LogP contribution in [0.4, 0.5) is 0 Å². The van der Waals surface area contributed by atoms with Crippen LogP contribution in [-0.4, -0.2) is 40.0 Å². The number of benzene rings is 1. The zero-order chi connectivity index (χ0) is 20.1. The highest BCUT2D eigenvalue weighted by atomic mass is 16.5. The Morgan fingerprint density at radius 2 is 1.90 bits per heavy atom. The first-order valence-electron chi connectivity index (χ1n) is 10.0. The molecule has 0 radical (unpaired) electrons. The van der Waals surface area contributed by atoms with Crippen molar-refractivity contribution in [3.05, 3.63) is 83.9 Å². The number of pyridine rings is 2. The predicted molar refractivity (Wildman–Crippen MR) is 112 cm³/mol. The van der Waals surface area contributed by atoms with E-state index in [2.05, 4.69) is 9.97 Å². The molecule has 1 aromatic carbocycles. The molecule has 1 unspecified atom stereocenters. The summed E-state index contributed by atoms with van der Waals surface area (Å²) in [4.78, 5) is 24.4. The summed E-state index contributed by atoms with van der Waals surface area (Å²) in [5.41, 5.74) is 4.15. The largest absolute Gasteiger partial charge is 0.376 e. The molecule has 0 N–H and O–H groups in total. The SMILES string of the molecule is Cc1nccc(-c2ccccc2)c1C(=O)N(Cc1ccccn1)CC1CCCO1. The number of hydrogen-bond donors (Lipinski definition) is 0. The summed E-state index contributed by atoms with van der Waals surface area (Å²) in [6.07, 6.45) is 5.60. The lowest BCUT2D eigenvalue weighted by molar-refractivity contribution is 0.0504. The number of rotatable bonds is 6. The molecule has 5 heteroatoms. The quantitative estimate of drug-likeness (QED) is 0.634. The van der Waals surface area contributed by atoms with Gasteiger partial charge in [-0.15, -0.1) is 0 Å². The van der Waals surface area contributed by atoms with Crippen molar-refractivity contribution in [3.8, 4) is 11.1 Å². The van der Waals surface area contributed by atoms with Crippen LogP contribution in [0, 0.1) is 6.92 Å². The van der Waals surface area contributed by atoms with Crippen LogP contribution in [0.25, 0.3) is 11.1 Å². The highest BCUT2D eigenvalue weighted by Gasteiger charge is 2.27. The normalized spacial score (nSPS) is 16.0. The Hall–Kier alpha value is -3.05. The van der Waals surface area contributed by atoms with E-state index in [-0.39, 0.29) is 12.0 Å². The Balaban J connectivity index is 1.70. The van der Waals surface area contributed by atoms with Crippen LogP contribution in [0.1, 0.15) is 34.6 Å². The fourth-order valence-corrected chi connectivity index (χ4v) is 3.79. The van der Waals surface area contributed by atoms with Gasteiger partial charge in [0.15, 0.2) is 0 Å². The first-order chi connectivity index (χ1) is 14.2. The van der Waals surface area contributed by atoms with E-state index in [0.29, 0.717) is 18.7 Å². The Bertz CT molecular complexity index is 954. The number of carbonyl (C=O) groups excluding carboxylic acids is 1. The van der Waals surface area contributed by atoms with Crippen LogP contribution in [0.15, 0.2) is 67.0 Å². The molecule has 1 fully saturated rings. The first kappa shape index (κ1) is 19.3. The van der Waals surface area contributed by atoms with Crippen molar-refractivity contribution < 1.29 is 9.53 Å². The van der Waals surface area contributed by atoms with E-state index in [9.17, 15) is 4.79 Å². The van der Waals surface area contributed by atoms with Crippen molar-refractivity contribution in [1.82, 2.24) is 14.9 Å². The van der Waals surface area contributed by atoms with Crippen LogP contribution < -0.4 is 0 Å². The highest BCUT2D eigenvalue weighted by Crippen LogP contribution is 2.27. The second-order valence-corrected chi connectivity index (χ2v) is 7.33. The van der Waals surface area contributed by atoms with Gasteiger partial charge in [0.1, 0.15) is 0 Å². The summed E-state index contributed by atoms with van der Waals surface area (Å²) < 4.78 is 5.82. The number of amides is 1. The summed E-state index contributed by atoms with van der Waals surface area (Å²) in [7, 11) is 0. The lowest BCUT2D eigenvalue weighted by atomic mass is 9.98. The van der Waals surface area contributed by atoms with Gasteiger partial charge < -0.3 is 9.64 Å². The van der Waals surface area contributed by atoms with Crippen molar-refractivity contribution in [3.63, 3.8) is 0 Å². The van der Waals surface area contributed by atoms with Crippen molar-refractivity contribution in [2.75, 3.05) is 13.2 Å². The van der Waals surface area contributed by atoms with E-state index < -0.39 is 0 Å². The molecule has 1 saturated heterocycles. The number of hydrogen-bond acceptors (Lipinski definition) is 4. The van der Waals surface area contributed by atoms with Gasteiger partial charge in [-0.05, 0) is 49.1 Å². The molecule has 4 rings (SSSR count). The molecule has 1 atom stereocenters. The van der Waals surface area contributed by atoms with Gasteiger partial charge in [0.05, 0.1) is 29.6 Å². The van der Waals surface area contributed by atoms with Crippen LogP contribution in [0.2, 0.25) is 0 Å². The zero-order valence-electron chi connectivity index (χ0n) is 16.6. The molecule has 3 aromatic rings. The lowest BCUT2D eigenvalue weighted by Gasteiger charge is -2.27. The maximum absolute atomic E-state index is 13.8. The summed E-state index contributed by atoms with van der Waals surface area (Å²) in [6.45, 7) is 3.65. The minimum atomic E-state index is -0.0318. The minimum absolute atomic E-state index is 0.0318. The monoisotopic (exact) mass is 387 g/mol. The van der Waals surface area contributed by atoms with E-state index in [1.54, 1.807) is 12.4 Å². The second-order valence-electron chi connectivity index (χ2n) is 7.33. The number of nitrogens with zero attached hydrogens (tertiary/aromatic N) is 3. The van der Waals surface area contributed by atoms with Gasteiger partial charge in [-0.1, -0.05) is 36.4 Å². The zero-order valence-corrected chi connectivity index (χ0v) is 16.6. The van der Waals surface area contributed by atoms with Crippen LogP contribution >= 0.6 is 0 Å². The van der Waals surface area contributed by atoms with E-state index in [0.717, 1.165) is 42.0 Å². The third-order valence-electron chi connectivity index (χ3n) is 5.25. The van der Waals surface area contributed by atoms with Gasteiger partial charge in [0.25, 0.3) is 5.91 Å². The van der Waals surface area contributed by atoms with Crippen molar-refractivity contribution in [1.29, 1.82) is 0 Å². The molecule has 5 nitrogen and oxygen atoms in total.